The number of carbonyl (C=O) groups excluding carboxylic acids is 2. The van der Waals surface area contributed by atoms with E-state index in [4.69, 9.17) is 32.7 Å². The van der Waals surface area contributed by atoms with Gasteiger partial charge in [0.15, 0.2) is 0 Å². The molecule has 0 aliphatic heterocycles. The van der Waals surface area contributed by atoms with Crippen molar-refractivity contribution >= 4 is 35.1 Å². The molecule has 2 aromatic carbocycles. The van der Waals surface area contributed by atoms with Crippen LogP contribution >= 0.6 is 23.2 Å². The molecule has 4 nitrogen and oxygen atoms in total. The van der Waals surface area contributed by atoms with Crippen molar-refractivity contribution < 1.29 is 19.1 Å². The number of halogens is 2. The van der Waals surface area contributed by atoms with Gasteiger partial charge in [0.05, 0.1) is 27.8 Å². The summed E-state index contributed by atoms with van der Waals surface area (Å²) in [5, 5.41) is 0.623. The van der Waals surface area contributed by atoms with E-state index in [2.05, 4.69) is 0 Å². The maximum atomic E-state index is 12.4. The fourth-order valence-electron chi connectivity index (χ4n) is 1.90. The van der Waals surface area contributed by atoms with Gasteiger partial charge in [0.25, 0.3) is 0 Å². The molecule has 25 heavy (non-hydrogen) atoms. The SMILES string of the molecule is CC(C)(C)COC(=O)c1ccccc1C(=O)Oc1ccc(Cl)c(Cl)c1. The van der Waals surface area contributed by atoms with Crippen LogP contribution in [0.3, 0.4) is 0 Å². The number of ether oxygens (including phenoxy) is 2. The van der Waals surface area contributed by atoms with Crippen LogP contribution in [0.1, 0.15) is 41.5 Å². The van der Waals surface area contributed by atoms with Crippen molar-refractivity contribution in [2.45, 2.75) is 20.8 Å². The van der Waals surface area contributed by atoms with Crippen LogP contribution in [0.4, 0.5) is 0 Å². The Hall–Kier alpha value is -2.04. The Kier molecular flexibility index (Phi) is 6.09. The third-order valence-electron chi connectivity index (χ3n) is 3.10. The Morgan fingerprint density at radius 2 is 1.52 bits per heavy atom. The van der Waals surface area contributed by atoms with Crippen LogP contribution in [0.2, 0.25) is 10.0 Å². The van der Waals surface area contributed by atoms with E-state index in [9.17, 15) is 9.59 Å². The molecule has 0 fully saturated rings. The van der Waals surface area contributed by atoms with E-state index in [1.54, 1.807) is 12.1 Å². The summed E-state index contributed by atoms with van der Waals surface area (Å²) < 4.78 is 10.6. The molecule has 0 saturated carbocycles. The first-order valence-corrected chi connectivity index (χ1v) is 8.36. The fourth-order valence-corrected chi connectivity index (χ4v) is 2.19. The minimum absolute atomic E-state index is 0.118. The van der Waals surface area contributed by atoms with Crippen LogP contribution in [-0.4, -0.2) is 18.5 Å². The summed E-state index contributed by atoms with van der Waals surface area (Å²) in [6, 6.07) is 10.8. The Morgan fingerprint density at radius 3 is 2.08 bits per heavy atom. The molecule has 0 radical (unpaired) electrons. The van der Waals surface area contributed by atoms with Crippen LogP contribution in [-0.2, 0) is 4.74 Å². The number of benzene rings is 2. The lowest BCUT2D eigenvalue weighted by molar-refractivity contribution is 0.0362. The Balaban J connectivity index is 2.19. The summed E-state index contributed by atoms with van der Waals surface area (Å²) in [4.78, 5) is 24.7. The second-order valence-corrected chi connectivity index (χ2v) is 7.46. The van der Waals surface area contributed by atoms with Crippen molar-refractivity contribution in [3.63, 3.8) is 0 Å². The van der Waals surface area contributed by atoms with Crippen LogP contribution in [0.25, 0.3) is 0 Å². The minimum atomic E-state index is -0.679. The molecule has 0 aliphatic rings. The average molecular weight is 381 g/mol. The number of rotatable bonds is 4. The van der Waals surface area contributed by atoms with Crippen molar-refractivity contribution in [3.05, 3.63) is 63.6 Å². The normalized spacial score (nSPS) is 11.1. The van der Waals surface area contributed by atoms with E-state index in [-0.39, 0.29) is 33.9 Å². The Labute approximate surface area is 156 Å². The molecule has 0 unspecified atom stereocenters. The average Bonchev–Trinajstić information content (AvgIpc) is 2.55. The van der Waals surface area contributed by atoms with Crippen molar-refractivity contribution in [1.29, 1.82) is 0 Å². The van der Waals surface area contributed by atoms with Gasteiger partial charge in [-0.2, -0.15) is 0 Å². The van der Waals surface area contributed by atoms with Crippen LogP contribution in [0, 0.1) is 5.41 Å². The molecule has 0 N–H and O–H groups in total. The van der Waals surface area contributed by atoms with E-state index in [1.807, 2.05) is 20.8 Å². The fraction of sp³-hybridized carbons (Fsp3) is 0.263. The Bertz CT molecular complexity index is 794. The molecule has 0 saturated heterocycles. The summed E-state index contributed by atoms with van der Waals surface area (Å²) in [7, 11) is 0. The first-order valence-electron chi connectivity index (χ1n) is 7.61. The van der Waals surface area contributed by atoms with E-state index >= 15 is 0 Å². The molecule has 0 amide bonds. The largest absolute Gasteiger partial charge is 0.462 e. The van der Waals surface area contributed by atoms with Gasteiger partial charge >= 0.3 is 11.9 Å². The summed E-state index contributed by atoms with van der Waals surface area (Å²) in [5.74, 6) is -1.02. The first-order chi connectivity index (χ1) is 11.7. The van der Waals surface area contributed by atoms with Gasteiger partial charge in [0.2, 0.25) is 0 Å². The van der Waals surface area contributed by atoms with Gasteiger partial charge in [0.1, 0.15) is 5.75 Å². The molecule has 0 aromatic heterocycles. The van der Waals surface area contributed by atoms with E-state index in [0.717, 1.165) is 0 Å². The molecule has 0 atom stereocenters. The maximum Gasteiger partial charge on any atom is 0.344 e. The molecular weight excluding hydrogens is 363 g/mol. The minimum Gasteiger partial charge on any atom is -0.462 e. The molecule has 2 rings (SSSR count). The lowest BCUT2D eigenvalue weighted by Gasteiger charge is -2.18. The molecule has 0 heterocycles. The van der Waals surface area contributed by atoms with Crippen molar-refractivity contribution in [3.8, 4) is 5.75 Å². The quantitative estimate of drug-likeness (QED) is 0.525. The van der Waals surface area contributed by atoms with Crippen LogP contribution in [0.15, 0.2) is 42.5 Å². The van der Waals surface area contributed by atoms with Gasteiger partial charge in [-0.25, -0.2) is 9.59 Å². The van der Waals surface area contributed by atoms with E-state index in [1.165, 1.54) is 30.3 Å². The number of hydrogen-bond donors (Lipinski definition) is 0. The summed E-state index contributed by atoms with van der Waals surface area (Å²) >= 11 is 11.8. The van der Waals surface area contributed by atoms with Crippen molar-refractivity contribution in [1.82, 2.24) is 0 Å². The van der Waals surface area contributed by atoms with Gasteiger partial charge in [-0.1, -0.05) is 56.1 Å². The van der Waals surface area contributed by atoms with Crippen molar-refractivity contribution in [2.24, 2.45) is 5.41 Å². The third kappa shape index (κ3) is 5.48. The topological polar surface area (TPSA) is 52.6 Å². The molecule has 2 aromatic rings. The van der Waals surface area contributed by atoms with Gasteiger partial charge in [0, 0.05) is 6.07 Å². The van der Waals surface area contributed by atoms with E-state index < -0.39 is 11.9 Å². The lowest BCUT2D eigenvalue weighted by atomic mass is 9.98. The van der Waals surface area contributed by atoms with Gasteiger partial charge in [-0.15, -0.1) is 0 Å². The summed E-state index contributed by atoms with van der Waals surface area (Å²) in [6.07, 6.45) is 0. The number of esters is 2. The zero-order valence-electron chi connectivity index (χ0n) is 14.1. The molecule has 0 spiro atoms. The highest BCUT2D eigenvalue weighted by Gasteiger charge is 2.21. The van der Waals surface area contributed by atoms with Gasteiger partial charge < -0.3 is 9.47 Å². The lowest BCUT2D eigenvalue weighted by Crippen LogP contribution is -2.21. The zero-order valence-corrected chi connectivity index (χ0v) is 15.6. The van der Waals surface area contributed by atoms with Gasteiger partial charge in [-0.05, 0) is 29.7 Å². The zero-order chi connectivity index (χ0) is 18.6. The summed E-state index contributed by atoms with van der Waals surface area (Å²) in [5.41, 5.74) is 0.0924. The number of carbonyl (C=O) groups is 2. The van der Waals surface area contributed by atoms with Gasteiger partial charge in [-0.3, -0.25) is 0 Å². The Morgan fingerprint density at radius 1 is 0.920 bits per heavy atom. The van der Waals surface area contributed by atoms with Crippen LogP contribution < -0.4 is 4.74 Å². The first kappa shape index (κ1) is 19.3. The second kappa shape index (κ2) is 7.89. The highest BCUT2D eigenvalue weighted by molar-refractivity contribution is 6.42. The maximum absolute atomic E-state index is 12.4. The predicted octanol–water partition coefficient (Wildman–Crippen LogP) is 5.42. The molecule has 0 bridgehead atoms. The molecule has 6 heteroatoms. The van der Waals surface area contributed by atoms with Crippen molar-refractivity contribution in [2.75, 3.05) is 6.61 Å². The summed E-state index contributed by atoms with van der Waals surface area (Å²) in [6.45, 7) is 6.09. The van der Waals surface area contributed by atoms with Crippen LogP contribution in [0.5, 0.6) is 5.75 Å². The smallest absolute Gasteiger partial charge is 0.344 e. The molecule has 0 aliphatic carbocycles. The molecular formula is C19H18Cl2O4. The standard InChI is InChI=1S/C19H18Cl2O4/c1-19(2,3)11-24-17(22)13-6-4-5-7-14(13)18(23)25-12-8-9-15(20)16(21)10-12/h4-10H,11H2,1-3H3. The molecule has 132 valence electrons. The predicted molar refractivity (Wildman–Crippen MR) is 97.6 cm³/mol. The monoisotopic (exact) mass is 380 g/mol. The second-order valence-electron chi connectivity index (χ2n) is 6.65. The highest BCUT2D eigenvalue weighted by Crippen LogP contribution is 2.27. The third-order valence-corrected chi connectivity index (χ3v) is 3.84. The number of hydrogen-bond acceptors (Lipinski definition) is 4. The van der Waals surface area contributed by atoms with E-state index in [0.29, 0.717) is 5.02 Å². The highest BCUT2D eigenvalue weighted by atomic mass is 35.5.